The molecule has 2 aliphatic heterocycles. The van der Waals surface area contributed by atoms with E-state index in [0.29, 0.717) is 30.7 Å². The highest BCUT2D eigenvalue weighted by atomic mass is 32.2. The zero-order valence-electron chi connectivity index (χ0n) is 24.8. The van der Waals surface area contributed by atoms with Crippen LogP contribution in [0.2, 0.25) is 0 Å². The molecule has 3 aromatic carbocycles. The number of carbonyl (C=O) groups is 1. The average Bonchev–Trinajstić information content (AvgIpc) is 3.35. The second kappa shape index (κ2) is 14.2. The largest absolute Gasteiger partial charge is 0.392 e. The Morgan fingerprint density at radius 1 is 0.814 bits per heavy atom. The predicted molar refractivity (Wildman–Crippen MR) is 174 cm³/mol. The second-order valence-corrected chi connectivity index (χ2v) is 12.7. The third-order valence-corrected chi connectivity index (χ3v) is 9.93. The van der Waals surface area contributed by atoms with Crippen molar-refractivity contribution in [2.24, 2.45) is 5.92 Å². The van der Waals surface area contributed by atoms with Crippen LogP contribution in [-0.2, 0) is 17.9 Å². The van der Waals surface area contributed by atoms with Gasteiger partial charge in [-0.1, -0.05) is 73.1 Å². The van der Waals surface area contributed by atoms with E-state index < -0.39 is 0 Å². The Morgan fingerprint density at radius 3 is 2.21 bits per heavy atom. The first-order valence-corrected chi connectivity index (χ1v) is 16.5. The number of hydrogen-bond donors (Lipinski definition) is 2. The molecule has 8 heteroatoms. The van der Waals surface area contributed by atoms with Gasteiger partial charge in [-0.05, 0) is 67.0 Å². The summed E-state index contributed by atoms with van der Waals surface area (Å²) < 4.78 is 0. The number of nitrogens with zero attached hydrogens (tertiary/aromatic N) is 4. The van der Waals surface area contributed by atoms with Crippen molar-refractivity contribution < 1.29 is 9.90 Å². The molecule has 0 radical (unpaired) electrons. The summed E-state index contributed by atoms with van der Waals surface area (Å²) in [7, 11) is 0. The normalized spacial score (nSPS) is 16.3. The topological polar surface area (TPSA) is 81.6 Å². The van der Waals surface area contributed by atoms with Gasteiger partial charge in [0.15, 0.2) is 0 Å². The standard InChI is InChI=1S/C35H41N5O2S/c41-25-28-12-4-8-16-32(28)43-31-15-7-3-11-27(31)24-36-35-37-30-14-6-5-13-29(30)34(38-35)40-21-17-26(18-22-40)23-33(42)39-19-9-1-2-10-20-39/h3-8,11-16,26,41H,1-2,9-10,17-25H2,(H,36,37,38). The van der Waals surface area contributed by atoms with Gasteiger partial charge in [-0.2, -0.15) is 4.98 Å². The summed E-state index contributed by atoms with van der Waals surface area (Å²) in [5.74, 6) is 2.35. The molecule has 43 heavy (non-hydrogen) atoms. The molecule has 2 N–H and O–H groups in total. The van der Waals surface area contributed by atoms with Gasteiger partial charge in [0, 0.05) is 54.3 Å². The number of fused-ring (bicyclic) bond motifs is 1. The summed E-state index contributed by atoms with van der Waals surface area (Å²) in [6.45, 7) is 4.25. The number of nitrogens with one attached hydrogen (secondary N) is 1. The number of aliphatic hydroxyl groups is 1. The maximum atomic E-state index is 13.0. The monoisotopic (exact) mass is 595 g/mol. The van der Waals surface area contributed by atoms with Gasteiger partial charge in [0.2, 0.25) is 11.9 Å². The molecular formula is C35H41N5O2S. The van der Waals surface area contributed by atoms with Crippen LogP contribution in [0.25, 0.3) is 10.9 Å². The van der Waals surface area contributed by atoms with Crippen LogP contribution in [0, 0.1) is 5.92 Å². The number of amides is 1. The molecule has 2 aliphatic rings. The Balaban J connectivity index is 1.14. The highest BCUT2D eigenvalue weighted by molar-refractivity contribution is 7.99. The molecule has 6 rings (SSSR count). The number of aliphatic hydroxyl groups excluding tert-OH is 1. The Labute approximate surface area is 258 Å². The van der Waals surface area contributed by atoms with Crippen LogP contribution in [0.4, 0.5) is 11.8 Å². The molecule has 0 spiro atoms. The minimum Gasteiger partial charge on any atom is -0.392 e. The third-order valence-electron chi connectivity index (χ3n) is 8.69. The molecule has 1 aromatic heterocycles. The first-order valence-electron chi connectivity index (χ1n) is 15.7. The van der Waals surface area contributed by atoms with Gasteiger partial charge in [-0.25, -0.2) is 4.98 Å². The number of benzene rings is 3. The Hall–Kier alpha value is -3.62. The van der Waals surface area contributed by atoms with Crippen molar-refractivity contribution in [2.75, 3.05) is 36.4 Å². The molecule has 7 nitrogen and oxygen atoms in total. The number of piperidine rings is 1. The number of para-hydroxylation sites is 1. The maximum absolute atomic E-state index is 13.0. The van der Waals surface area contributed by atoms with E-state index in [1.54, 1.807) is 11.8 Å². The highest BCUT2D eigenvalue weighted by Gasteiger charge is 2.26. The number of rotatable bonds is 9. The van der Waals surface area contributed by atoms with E-state index in [4.69, 9.17) is 9.97 Å². The van der Waals surface area contributed by atoms with Crippen LogP contribution in [0.3, 0.4) is 0 Å². The minimum atomic E-state index is 0.0172. The van der Waals surface area contributed by atoms with E-state index >= 15 is 0 Å². The fourth-order valence-electron chi connectivity index (χ4n) is 6.20. The van der Waals surface area contributed by atoms with Gasteiger partial charge in [0.25, 0.3) is 0 Å². The van der Waals surface area contributed by atoms with Gasteiger partial charge in [0.1, 0.15) is 5.82 Å². The number of carbonyl (C=O) groups excluding carboxylic acids is 1. The van der Waals surface area contributed by atoms with Crippen molar-refractivity contribution in [3.8, 4) is 0 Å². The van der Waals surface area contributed by atoms with Crippen molar-refractivity contribution in [3.63, 3.8) is 0 Å². The van der Waals surface area contributed by atoms with Crippen molar-refractivity contribution in [2.45, 2.75) is 67.9 Å². The smallest absolute Gasteiger partial charge is 0.225 e. The van der Waals surface area contributed by atoms with E-state index in [-0.39, 0.29) is 6.61 Å². The van der Waals surface area contributed by atoms with Gasteiger partial charge < -0.3 is 20.2 Å². The number of likely N-dealkylation sites (tertiary alicyclic amines) is 1. The molecule has 2 saturated heterocycles. The van der Waals surface area contributed by atoms with E-state index in [2.05, 4.69) is 33.3 Å². The third kappa shape index (κ3) is 7.31. The molecule has 0 aliphatic carbocycles. The minimum absolute atomic E-state index is 0.0172. The zero-order chi connectivity index (χ0) is 29.4. The molecule has 0 bridgehead atoms. The van der Waals surface area contributed by atoms with Crippen molar-refractivity contribution in [1.82, 2.24) is 14.9 Å². The highest BCUT2D eigenvalue weighted by Crippen LogP contribution is 2.34. The quantitative estimate of drug-likeness (QED) is 0.218. The molecule has 0 unspecified atom stereocenters. The van der Waals surface area contributed by atoms with Gasteiger partial charge in [-0.3, -0.25) is 4.79 Å². The van der Waals surface area contributed by atoms with Crippen LogP contribution < -0.4 is 10.2 Å². The van der Waals surface area contributed by atoms with Crippen LogP contribution in [-0.4, -0.2) is 52.1 Å². The second-order valence-electron chi connectivity index (χ2n) is 11.6. The van der Waals surface area contributed by atoms with E-state index in [1.807, 2.05) is 54.6 Å². The van der Waals surface area contributed by atoms with E-state index in [9.17, 15) is 9.90 Å². The lowest BCUT2D eigenvalue weighted by Crippen LogP contribution is -2.38. The lowest BCUT2D eigenvalue weighted by molar-refractivity contribution is -0.132. The van der Waals surface area contributed by atoms with Crippen LogP contribution in [0.15, 0.2) is 82.6 Å². The summed E-state index contributed by atoms with van der Waals surface area (Å²) in [6, 6.07) is 24.5. The fourth-order valence-corrected chi connectivity index (χ4v) is 7.27. The van der Waals surface area contributed by atoms with Crippen LogP contribution >= 0.6 is 11.8 Å². The summed E-state index contributed by atoms with van der Waals surface area (Å²) >= 11 is 1.67. The van der Waals surface area contributed by atoms with Gasteiger partial charge in [0.05, 0.1) is 12.1 Å². The zero-order valence-corrected chi connectivity index (χ0v) is 25.6. The predicted octanol–water partition coefficient (Wildman–Crippen LogP) is 6.89. The summed E-state index contributed by atoms with van der Waals surface area (Å²) in [5, 5.41) is 14.4. The molecule has 0 atom stereocenters. The maximum Gasteiger partial charge on any atom is 0.225 e. The number of hydrogen-bond acceptors (Lipinski definition) is 7. The molecule has 3 heterocycles. The summed E-state index contributed by atoms with van der Waals surface area (Å²) in [6.07, 6.45) is 7.45. The van der Waals surface area contributed by atoms with E-state index in [1.165, 1.54) is 12.8 Å². The van der Waals surface area contributed by atoms with Gasteiger partial charge in [-0.15, -0.1) is 0 Å². The first-order chi connectivity index (χ1) is 21.2. The molecule has 2 fully saturated rings. The fraction of sp³-hybridized carbons (Fsp3) is 0.400. The number of anilines is 2. The van der Waals surface area contributed by atoms with Crippen LogP contribution in [0.1, 0.15) is 56.1 Å². The molecular weight excluding hydrogens is 554 g/mol. The SMILES string of the molecule is O=C(CC1CCN(c2nc(NCc3ccccc3Sc3ccccc3CO)nc3ccccc23)CC1)N1CCCCCC1. The molecule has 0 saturated carbocycles. The van der Waals surface area contributed by atoms with Crippen molar-refractivity contribution >= 4 is 40.3 Å². The molecule has 1 amide bonds. The Morgan fingerprint density at radius 2 is 1.47 bits per heavy atom. The van der Waals surface area contributed by atoms with Crippen LogP contribution in [0.5, 0.6) is 0 Å². The lowest BCUT2D eigenvalue weighted by atomic mass is 9.92. The molecule has 224 valence electrons. The summed E-state index contributed by atoms with van der Waals surface area (Å²) in [5.41, 5.74) is 2.99. The van der Waals surface area contributed by atoms with Gasteiger partial charge >= 0.3 is 0 Å². The Kier molecular flexibility index (Phi) is 9.75. The van der Waals surface area contributed by atoms with Crippen molar-refractivity contribution in [3.05, 3.63) is 83.9 Å². The first kappa shape index (κ1) is 29.5. The average molecular weight is 596 g/mol. The Bertz CT molecular complexity index is 1530. The summed E-state index contributed by atoms with van der Waals surface area (Å²) in [4.78, 5) is 29.6. The molecule has 4 aromatic rings. The number of aromatic nitrogens is 2. The van der Waals surface area contributed by atoms with Crippen molar-refractivity contribution in [1.29, 1.82) is 0 Å². The lowest BCUT2D eigenvalue weighted by Gasteiger charge is -2.34. The van der Waals surface area contributed by atoms with E-state index in [0.717, 1.165) is 89.5 Å².